The molecule has 0 unspecified atom stereocenters. The highest BCUT2D eigenvalue weighted by atomic mass is 35.5. The monoisotopic (exact) mass is 479 g/mol. The summed E-state index contributed by atoms with van der Waals surface area (Å²) >= 11 is 6.68. The lowest BCUT2D eigenvalue weighted by Crippen LogP contribution is -2.51. The standard InChI is InChI=1S/C25H30ClN7O/c1-16(28)23(11-29-15-25(14-27)4-5-25)32-24-30-10-18-8-21(26)20(9-22(18)31-24)17-2-6-33(7-3-17)19-12-34-13-19/h8-11,17,19H,2-7,12-13,15,28H2,1H3,(H,30,31,32). The predicted octanol–water partition coefficient (Wildman–Crippen LogP) is 3.84. The molecule has 3 fully saturated rings. The Morgan fingerprint density at radius 3 is 2.76 bits per heavy atom. The van der Waals surface area contributed by atoms with Crippen LogP contribution in [0, 0.1) is 16.7 Å². The van der Waals surface area contributed by atoms with Gasteiger partial charge in [0.15, 0.2) is 0 Å². The third-order valence-electron chi connectivity index (χ3n) is 7.18. The summed E-state index contributed by atoms with van der Waals surface area (Å²) in [7, 11) is 0. The number of aliphatic imine (C=N–C) groups is 1. The van der Waals surface area contributed by atoms with Crippen molar-refractivity contribution in [2.45, 2.75) is 44.6 Å². The highest BCUT2D eigenvalue weighted by Crippen LogP contribution is 2.45. The van der Waals surface area contributed by atoms with Crippen LogP contribution in [0.5, 0.6) is 0 Å². The number of nitriles is 1. The van der Waals surface area contributed by atoms with Gasteiger partial charge in [-0.05, 0) is 69.3 Å². The van der Waals surface area contributed by atoms with Gasteiger partial charge in [0.05, 0.1) is 48.5 Å². The predicted molar refractivity (Wildman–Crippen MR) is 134 cm³/mol. The molecule has 3 aliphatic rings. The summed E-state index contributed by atoms with van der Waals surface area (Å²) in [6, 6.07) is 7.00. The lowest BCUT2D eigenvalue weighted by molar-refractivity contribution is -0.0712. The van der Waals surface area contributed by atoms with E-state index < -0.39 is 0 Å². The minimum atomic E-state index is -0.291. The summed E-state index contributed by atoms with van der Waals surface area (Å²) in [6.07, 6.45) is 7.42. The number of anilines is 1. The van der Waals surface area contributed by atoms with Gasteiger partial charge in [0.2, 0.25) is 5.95 Å². The molecular formula is C25H30ClN7O. The van der Waals surface area contributed by atoms with Gasteiger partial charge in [-0.1, -0.05) is 11.6 Å². The van der Waals surface area contributed by atoms with E-state index in [-0.39, 0.29) is 5.41 Å². The van der Waals surface area contributed by atoms with Crippen molar-refractivity contribution in [1.82, 2.24) is 14.9 Å². The molecule has 2 aliphatic heterocycles. The number of hydrogen-bond acceptors (Lipinski definition) is 8. The molecule has 8 nitrogen and oxygen atoms in total. The molecule has 0 amide bonds. The van der Waals surface area contributed by atoms with E-state index in [0.29, 0.717) is 35.8 Å². The van der Waals surface area contributed by atoms with Gasteiger partial charge in [-0.25, -0.2) is 9.97 Å². The molecule has 1 aliphatic carbocycles. The topological polar surface area (TPSA) is 112 Å². The zero-order chi connectivity index (χ0) is 23.7. The average molecular weight is 480 g/mol. The molecule has 0 atom stereocenters. The van der Waals surface area contributed by atoms with E-state index in [1.165, 1.54) is 0 Å². The highest BCUT2D eigenvalue weighted by Gasteiger charge is 2.42. The molecule has 2 aromatic rings. The van der Waals surface area contributed by atoms with Crippen molar-refractivity contribution in [3.05, 3.63) is 40.3 Å². The van der Waals surface area contributed by atoms with Crippen LogP contribution in [0.3, 0.4) is 0 Å². The number of allylic oxidation sites excluding steroid dienone is 2. The summed E-state index contributed by atoms with van der Waals surface area (Å²) in [5.74, 6) is 0.873. The lowest BCUT2D eigenvalue weighted by Gasteiger charge is -2.41. The first-order valence-electron chi connectivity index (χ1n) is 11.9. The van der Waals surface area contributed by atoms with Crippen LogP contribution in [-0.2, 0) is 4.74 Å². The zero-order valence-electron chi connectivity index (χ0n) is 19.4. The normalized spacial score (nSPS) is 21.8. The van der Waals surface area contributed by atoms with E-state index in [2.05, 4.69) is 32.3 Å². The van der Waals surface area contributed by atoms with Crippen molar-refractivity contribution < 1.29 is 4.74 Å². The van der Waals surface area contributed by atoms with Gasteiger partial charge >= 0.3 is 0 Å². The molecule has 178 valence electrons. The minimum absolute atomic E-state index is 0.291. The molecule has 9 heteroatoms. The third-order valence-corrected chi connectivity index (χ3v) is 7.51. The maximum Gasteiger partial charge on any atom is 0.227 e. The summed E-state index contributed by atoms with van der Waals surface area (Å²) < 4.78 is 5.35. The molecule has 34 heavy (non-hydrogen) atoms. The van der Waals surface area contributed by atoms with Crippen LogP contribution < -0.4 is 11.1 Å². The Bertz CT molecular complexity index is 1170. The van der Waals surface area contributed by atoms with Gasteiger partial charge < -0.3 is 15.8 Å². The Balaban J connectivity index is 1.31. The van der Waals surface area contributed by atoms with Gasteiger partial charge in [0.25, 0.3) is 0 Å². The molecule has 1 aromatic heterocycles. The number of benzene rings is 1. The van der Waals surface area contributed by atoms with Crippen LogP contribution in [0.15, 0.2) is 34.7 Å². The van der Waals surface area contributed by atoms with E-state index >= 15 is 0 Å². The Morgan fingerprint density at radius 2 is 2.15 bits per heavy atom. The Hall–Kier alpha value is -2.73. The largest absolute Gasteiger partial charge is 0.401 e. The number of halogens is 1. The van der Waals surface area contributed by atoms with Crippen LogP contribution >= 0.6 is 11.6 Å². The summed E-state index contributed by atoms with van der Waals surface area (Å²) in [4.78, 5) is 16.1. The van der Waals surface area contributed by atoms with Gasteiger partial charge in [0.1, 0.15) is 0 Å². The first-order valence-corrected chi connectivity index (χ1v) is 12.3. The molecule has 2 saturated heterocycles. The second kappa shape index (κ2) is 9.49. The van der Waals surface area contributed by atoms with E-state index in [0.717, 1.165) is 73.5 Å². The van der Waals surface area contributed by atoms with Crippen molar-refractivity contribution >= 4 is 34.7 Å². The summed E-state index contributed by atoms with van der Waals surface area (Å²) in [5, 5.41) is 14.1. The van der Waals surface area contributed by atoms with Crippen LogP contribution in [0.4, 0.5) is 5.95 Å². The second-order valence-electron chi connectivity index (χ2n) is 9.71. The van der Waals surface area contributed by atoms with Crippen molar-refractivity contribution in [3.8, 4) is 6.07 Å². The number of piperidine rings is 1. The van der Waals surface area contributed by atoms with Crippen molar-refractivity contribution in [2.24, 2.45) is 16.1 Å². The van der Waals surface area contributed by atoms with Crippen LogP contribution in [-0.4, -0.2) is 60.0 Å². The van der Waals surface area contributed by atoms with Gasteiger partial charge in [0, 0.05) is 28.5 Å². The second-order valence-corrected chi connectivity index (χ2v) is 10.1. The van der Waals surface area contributed by atoms with Gasteiger partial charge in [-0.2, -0.15) is 5.26 Å². The fraction of sp³-hybridized carbons (Fsp3) is 0.520. The van der Waals surface area contributed by atoms with E-state index in [1.807, 2.05) is 6.07 Å². The fourth-order valence-electron chi connectivity index (χ4n) is 4.57. The number of nitrogens with one attached hydrogen (secondary N) is 1. The van der Waals surface area contributed by atoms with Crippen LogP contribution in [0.2, 0.25) is 5.02 Å². The first kappa shape index (κ1) is 23.0. The number of aromatic nitrogens is 2. The maximum atomic E-state index is 9.24. The number of nitrogens with zero attached hydrogens (tertiary/aromatic N) is 5. The van der Waals surface area contributed by atoms with Gasteiger partial charge in [-0.15, -0.1) is 0 Å². The highest BCUT2D eigenvalue weighted by molar-refractivity contribution is 6.32. The lowest BCUT2D eigenvalue weighted by atomic mass is 9.88. The summed E-state index contributed by atoms with van der Waals surface area (Å²) in [5.41, 5.74) is 8.98. The van der Waals surface area contributed by atoms with Gasteiger partial charge in [-0.3, -0.25) is 9.89 Å². The third kappa shape index (κ3) is 4.88. The molecule has 1 saturated carbocycles. The first-order chi connectivity index (χ1) is 16.5. The van der Waals surface area contributed by atoms with E-state index in [4.69, 9.17) is 27.1 Å². The smallest absolute Gasteiger partial charge is 0.227 e. The zero-order valence-corrected chi connectivity index (χ0v) is 20.2. The fourth-order valence-corrected chi connectivity index (χ4v) is 4.90. The Labute approximate surface area is 204 Å². The minimum Gasteiger partial charge on any atom is -0.401 e. The summed E-state index contributed by atoms with van der Waals surface area (Å²) in [6.45, 7) is 6.13. The Morgan fingerprint density at radius 1 is 1.38 bits per heavy atom. The number of likely N-dealkylation sites (tertiary alicyclic amines) is 1. The number of rotatable bonds is 7. The quantitative estimate of drug-likeness (QED) is 0.580. The number of hydrogen-bond donors (Lipinski definition) is 2. The van der Waals surface area contributed by atoms with Crippen molar-refractivity contribution in [2.75, 3.05) is 38.2 Å². The number of nitrogens with two attached hydrogens (primary N) is 1. The molecule has 0 radical (unpaired) electrons. The Kier molecular flexibility index (Phi) is 6.43. The SMILES string of the molecule is CC(N)=C(C=NCC1(C#N)CC1)Nc1ncc2cc(Cl)c(C3CCN(C4COC4)CC3)cc2n1. The average Bonchev–Trinajstić information content (AvgIpc) is 3.58. The number of fused-ring (bicyclic) bond motifs is 1. The molecule has 3 heterocycles. The van der Waals surface area contributed by atoms with E-state index in [1.54, 1.807) is 19.3 Å². The van der Waals surface area contributed by atoms with Crippen molar-refractivity contribution in [1.29, 1.82) is 5.26 Å². The van der Waals surface area contributed by atoms with E-state index in [9.17, 15) is 5.26 Å². The van der Waals surface area contributed by atoms with Crippen molar-refractivity contribution in [3.63, 3.8) is 0 Å². The number of ether oxygens (including phenoxy) is 1. The molecule has 5 rings (SSSR count). The molecule has 0 spiro atoms. The molecule has 3 N–H and O–H groups in total. The van der Waals surface area contributed by atoms with Crippen LogP contribution in [0.1, 0.15) is 44.1 Å². The maximum absolute atomic E-state index is 9.24. The molecule has 1 aromatic carbocycles. The van der Waals surface area contributed by atoms with Crippen LogP contribution in [0.25, 0.3) is 10.9 Å². The molecule has 0 bridgehead atoms. The molecular weight excluding hydrogens is 450 g/mol.